The van der Waals surface area contributed by atoms with E-state index in [0.29, 0.717) is 6.54 Å². The van der Waals surface area contributed by atoms with Gasteiger partial charge in [-0.25, -0.2) is 6.61 Å². The number of nitrogens with zero attached hydrogens (tertiary/aromatic N) is 2. The molecule has 0 saturated carbocycles. The number of hydrogen-bond acceptors (Lipinski definition) is 2. The van der Waals surface area contributed by atoms with Crippen LogP contribution in [0.5, 0.6) is 0 Å². The van der Waals surface area contributed by atoms with Crippen molar-refractivity contribution in [3.8, 4) is 11.3 Å². The minimum absolute atomic E-state index is 0.586. The average molecular weight is 598 g/mol. The van der Waals surface area contributed by atoms with E-state index < -0.39 is 20.8 Å². The molecule has 2 heterocycles. The van der Waals surface area contributed by atoms with Crippen molar-refractivity contribution in [3.05, 3.63) is 108 Å². The van der Waals surface area contributed by atoms with E-state index >= 15 is 0 Å². The molecule has 6 heteroatoms. The fraction of sp³-hybridized carbons (Fsp3) is 0.267. The zero-order chi connectivity index (χ0) is 25.6. The third-order valence-corrected chi connectivity index (χ3v) is 5.85. The van der Waals surface area contributed by atoms with Gasteiger partial charge in [-0.15, -0.1) is 34.8 Å². The van der Waals surface area contributed by atoms with Crippen LogP contribution in [0.1, 0.15) is 43.5 Å². The molecule has 0 aliphatic carbocycles. The van der Waals surface area contributed by atoms with Crippen molar-refractivity contribution < 1.29 is 25.6 Å². The van der Waals surface area contributed by atoms with Gasteiger partial charge in [-0.3, -0.25) is 0 Å². The van der Waals surface area contributed by atoms with Gasteiger partial charge in [-0.2, -0.15) is 6.42 Å². The fourth-order valence-electron chi connectivity index (χ4n) is 4.08. The number of aromatic nitrogens is 1. The van der Waals surface area contributed by atoms with E-state index in [1.54, 1.807) is 0 Å². The van der Waals surface area contributed by atoms with Gasteiger partial charge in [0.15, 0.2) is 0 Å². The summed E-state index contributed by atoms with van der Waals surface area (Å²) in [5.74, 6) is 0. The summed E-state index contributed by atoms with van der Waals surface area (Å²) in [7, 11) is 9.87. The quantitative estimate of drug-likeness (QED) is 0.208. The molecule has 0 amide bonds. The second kappa shape index (κ2) is 16.2. The molecule has 0 N–H and O–H groups in total. The van der Waals surface area contributed by atoms with E-state index in [9.17, 15) is 0 Å². The van der Waals surface area contributed by atoms with Crippen LogP contribution in [0.2, 0.25) is 0 Å². The van der Waals surface area contributed by atoms with Crippen molar-refractivity contribution in [2.24, 2.45) is 0 Å². The molecule has 0 spiro atoms. The summed E-state index contributed by atoms with van der Waals surface area (Å²) in [5, 5.41) is 7.33. The molecule has 0 unspecified atom stereocenters. The van der Waals surface area contributed by atoms with Gasteiger partial charge in [0.05, 0.1) is 0 Å². The van der Waals surface area contributed by atoms with Crippen LogP contribution in [-0.2, 0) is 45.0 Å². The fourth-order valence-corrected chi connectivity index (χ4v) is 4.08. The number of halogens is 2. The Morgan fingerprint density at radius 2 is 1.69 bits per heavy atom. The maximum atomic E-state index is 4.94. The molecular formula is C30H31Cl2N2OZr-3. The number of benzene rings is 3. The van der Waals surface area contributed by atoms with Crippen LogP contribution in [-0.4, -0.2) is 11.6 Å². The first-order valence-corrected chi connectivity index (χ1v) is 18.6. The molecule has 4 aromatic rings. The van der Waals surface area contributed by atoms with E-state index in [0.717, 1.165) is 48.5 Å². The molecule has 1 aromatic heterocycles. The van der Waals surface area contributed by atoms with Gasteiger partial charge >= 0.3 is 37.9 Å². The SMILES string of the molecule is CCc1cccc(CC)c1[N-]Cc1cccc(-c2[c-]ccc3ccccc23)n1.[CH-]1CCCO1.[Cl][Zr][Cl]. The zero-order valence-corrected chi connectivity index (χ0v) is 24.8. The molecule has 3 nitrogen and oxygen atoms in total. The van der Waals surface area contributed by atoms with E-state index in [2.05, 4.69) is 86.6 Å². The molecule has 188 valence electrons. The number of para-hydroxylation sites is 1. The number of rotatable bonds is 6. The predicted molar refractivity (Wildman–Crippen MR) is 149 cm³/mol. The Hall–Kier alpha value is -1.71. The maximum absolute atomic E-state index is 4.94. The van der Waals surface area contributed by atoms with Crippen LogP contribution in [0.3, 0.4) is 0 Å². The molecule has 1 aliphatic heterocycles. The molecule has 3 aromatic carbocycles. The summed E-state index contributed by atoms with van der Waals surface area (Å²) in [4.78, 5) is 4.89. The van der Waals surface area contributed by atoms with Gasteiger partial charge in [-0.05, 0) is 24.6 Å². The first kappa shape index (κ1) is 28.9. The standard InChI is InChI=1S/C26H24N2.C4H7O.2ClH.Zr/c1-3-19-11-7-12-20(4-2)26(19)27-18-22-14-9-17-25(28-22)24-16-8-13-21-10-5-6-15-23(21)24;1-2-4-5-3-1;;;/h5-15,17H,3-4,18H2,1-2H3;3H,1-2,4H2;2*1H;/q-2;-1;;;+2/p-2. The molecule has 1 saturated heterocycles. The van der Waals surface area contributed by atoms with Crippen LogP contribution in [0, 0.1) is 12.7 Å². The van der Waals surface area contributed by atoms with Crippen molar-refractivity contribution in [2.75, 3.05) is 6.61 Å². The Morgan fingerprint density at radius 3 is 2.33 bits per heavy atom. The summed E-state index contributed by atoms with van der Waals surface area (Å²) in [5.41, 5.74) is 6.71. The number of hydrogen-bond donors (Lipinski definition) is 0. The van der Waals surface area contributed by atoms with Crippen LogP contribution in [0.15, 0.2) is 72.8 Å². The average Bonchev–Trinajstić information content (AvgIpc) is 3.52. The number of aryl methyl sites for hydroxylation is 2. The molecule has 36 heavy (non-hydrogen) atoms. The molecule has 1 fully saturated rings. The van der Waals surface area contributed by atoms with E-state index in [4.69, 9.17) is 32.1 Å². The van der Waals surface area contributed by atoms with Crippen LogP contribution in [0.4, 0.5) is 5.69 Å². The Bertz CT molecular complexity index is 1180. The van der Waals surface area contributed by atoms with Crippen LogP contribution >= 0.6 is 17.0 Å². The second-order valence-corrected chi connectivity index (χ2v) is 11.9. The van der Waals surface area contributed by atoms with Gasteiger partial charge in [0, 0.05) is 12.3 Å². The van der Waals surface area contributed by atoms with E-state index in [-0.39, 0.29) is 0 Å². The van der Waals surface area contributed by atoms with Crippen LogP contribution < -0.4 is 0 Å². The van der Waals surface area contributed by atoms with Crippen molar-refractivity contribution in [1.82, 2.24) is 4.98 Å². The van der Waals surface area contributed by atoms with Gasteiger partial charge in [0.2, 0.25) is 0 Å². The Balaban J connectivity index is 0.000000389. The van der Waals surface area contributed by atoms with Gasteiger partial charge in [0.1, 0.15) is 0 Å². The first-order chi connectivity index (χ1) is 17.7. The Morgan fingerprint density at radius 1 is 0.972 bits per heavy atom. The molecular weight excluding hydrogens is 566 g/mol. The van der Waals surface area contributed by atoms with Gasteiger partial charge < -0.3 is 15.0 Å². The monoisotopic (exact) mass is 595 g/mol. The topological polar surface area (TPSA) is 36.2 Å². The van der Waals surface area contributed by atoms with Crippen molar-refractivity contribution >= 4 is 33.5 Å². The zero-order valence-electron chi connectivity index (χ0n) is 20.8. The summed E-state index contributed by atoms with van der Waals surface area (Å²) < 4.78 is 4.82. The second-order valence-electron chi connectivity index (χ2n) is 8.15. The summed E-state index contributed by atoms with van der Waals surface area (Å²) in [6, 6.07) is 28.5. The predicted octanol–water partition coefficient (Wildman–Crippen LogP) is 9.37. The van der Waals surface area contributed by atoms with Gasteiger partial charge in [-0.1, -0.05) is 97.9 Å². The van der Waals surface area contributed by atoms with E-state index in [1.165, 1.54) is 28.3 Å². The van der Waals surface area contributed by atoms with Crippen molar-refractivity contribution in [1.29, 1.82) is 0 Å². The van der Waals surface area contributed by atoms with Gasteiger partial charge in [0.25, 0.3) is 0 Å². The molecule has 0 radical (unpaired) electrons. The normalized spacial score (nSPS) is 12.2. The molecule has 5 rings (SSSR count). The third-order valence-electron chi connectivity index (χ3n) is 5.85. The summed E-state index contributed by atoms with van der Waals surface area (Å²) in [6.45, 7) is 7.76. The summed E-state index contributed by atoms with van der Waals surface area (Å²) in [6.07, 6.45) is 4.36. The third kappa shape index (κ3) is 8.42. The Kier molecular flexibility index (Phi) is 13.0. The van der Waals surface area contributed by atoms with Crippen molar-refractivity contribution in [3.63, 3.8) is 0 Å². The van der Waals surface area contributed by atoms with Crippen LogP contribution in [0.25, 0.3) is 27.3 Å². The number of pyridine rings is 1. The summed E-state index contributed by atoms with van der Waals surface area (Å²) >= 11 is -0.826. The first-order valence-electron chi connectivity index (χ1n) is 12.2. The molecule has 1 aliphatic rings. The number of fused-ring (bicyclic) bond motifs is 1. The molecule has 0 bridgehead atoms. The Labute approximate surface area is 234 Å². The van der Waals surface area contributed by atoms with E-state index in [1.807, 2.05) is 12.7 Å². The molecule has 0 atom stereocenters. The number of ether oxygens (including phenoxy) is 1. The van der Waals surface area contributed by atoms with Crippen molar-refractivity contribution in [2.45, 2.75) is 46.1 Å². The minimum atomic E-state index is -0.826.